The molecule has 2 unspecified atom stereocenters. The monoisotopic (exact) mass is 525 g/mol. The summed E-state index contributed by atoms with van der Waals surface area (Å²) < 4.78 is 32.3. The predicted octanol–water partition coefficient (Wildman–Crippen LogP) is 4.43. The van der Waals surface area contributed by atoms with Gasteiger partial charge in [0.2, 0.25) is 11.8 Å². The maximum atomic E-state index is 13.6. The molecule has 0 aromatic heterocycles. The Bertz CT molecular complexity index is 1190. The number of carbonyl (C=O) groups is 3. The minimum absolute atomic E-state index is 0.0182. The van der Waals surface area contributed by atoms with Crippen LogP contribution in [0, 0.1) is 23.0 Å². The van der Waals surface area contributed by atoms with E-state index in [9.17, 15) is 23.2 Å². The summed E-state index contributed by atoms with van der Waals surface area (Å²) in [7, 11) is 1.61. The van der Waals surface area contributed by atoms with Gasteiger partial charge in [0.1, 0.15) is 17.4 Å². The zero-order chi connectivity index (χ0) is 27.0. The lowest BCUT2D eigenvalue weighted by Crippen LogP contribution is -2.46. The van der Waals surface area contributed by atoms with Crippen LogP contribution in [0.5, 0.6) is 5.75 Å². The molecule has 2 aliphatic heterocycles. The van der Waals surface area contributed by atoms with Gasteiger partial charge in [0.05, 0.1) is 6.04 Å². The van der Waals surface area contributed by atoms with E-state index in [1.54, 1.807) is 24.1 Å². The predicted molar refractivity (Wildman–Crippen MR) is 136 cm³/mol. The molecule has 1 saturated carbocycles. The van der Waals surface area contributed by atoms with E-state index in [-0.39, 0.29) is 40.6 Å². The van der Waals surface area contributed by atoms with Gasteiger partial charge in [-0.1, -0.05) is 19.1 Å². The Balaban J connectivity index is 1.27. The van der Waals surface area contributed by atoms with Crippen molar-refractivity contribution in [3.05, 3.63) is 65.7 Å². The molecule has 2 heterocycles. The number of piperidine rings is 1. The number of amides is 3. The van der Waals surface area contributed by atoms with Crippen molar-refractivity contribution in [1.29, 1.82) is 0 Å². The SMILES string of the molecule is CN(C(=O)Oc1ccc(F)cc1)C1CN(C(=O)C2CCN(C(=O)C3(C)CC3)CC2)CC1c1ccc(F)cc1. The highest BCUT2D eigenvalue weighted by Crippen LogP contribution is 2.47. The number of likely N-dealkylation sites (tertiary alicyclic amines) is 2. The maximum absolute atomic E-state index is 13.6. The third-order valence-corrected chi connectivity index (χ3v) is 8.35. The molecule has 2 saturated heterocycles. The zero-order valence-electron chi connectivity index (χ0n) is 21.7. The molecule has 0 N–H and O–H groups in total. The van der Waals surface area contributed by atoms with Gasteiger partial charge in [-0.2, -0.15) is 0 Å². The van der Waals surface area contributed by atoms with Crippen molar-refractivity contribution in [2.45, 2.75) is 44.6 Å². The standard InChI is InChI=1S/C29H33F2N3O4/c1-29(13-14-29)27(36)33-15-11-20(12-16-33)26(35)34-17-24(19-3-5-21(30)6-4-19)25(18-34)32(2)28(37)38-23-9-7-22(31)8-10-23/h3-10,20,24-25H,11-18H2,1-2H3. The molecular weight excluding hydrogens is 492 g/mol. The van der Waals surface area contributed by atoms with Crippen molar-refractivity contribution >= 4 is 17.9 Å². The summed E-state index contributed by atoms with van der Waals surface area (Å²) in [5, 5.41) is 0. The molecule has 2 aromatic carbocycles. The average Bonchev–Trinajstić information content (AvgIpc) is 3.52. The highest BCUT2D eigenvalue weighted by atomic mass is 19.1. The minimum atomic E-state index is -0.622. The second kappa shape index (κ2) is 10.3. The van der Waals surface area contributed by atoms with E-state index in [0.29, 0.717) is 39.0 Å². The van der Waals surface area contributed by atoms with Crippen LogP contribution in [0.4, 0.5) is 13.6 Å². The summed E-state index contributed by atoms with van der Waals surface area (Å²) >= 11 is 0. The van der Waals surface area contributed by atoms with Gasteiger partial charge in [-0.25, -0.2) is 13.6 Å². The van der Waals surface area contributed by atoms with E-state index in [0.717, 1.165) is 18.4 Å². The summed E-state index contributed by atoms with van der Waals surface area (Å²) in [5.74, 6) is -0.782. The lowest BCUT2D eigenvalue weighted by Gasteiger charge is -2.34. The number of hydrogen-bond acceptors (Lipinski definition) is 4. The number of benzene rings is 2. The largest absolute Gasteiger partial charge is 0.415 e. The van der Waals surface area contributed by atoms with Crippen LogP contribution >= 0.6 is 0 Å². The Morgan fingerprint density at radius 3 is 2.05 bits per heavy atom. The molecular formula is C29H33F2N3O4. The second-order valence-electron chi connectivity index (χ2n) is 11.0. The molecule has 1 aliphatic carbocycles. The first-order valence-electron chi connectivity index (χ1n) is 13.2. The van der Waals surface area contributed by atoms with Crippen LogP contribution in [-0.4, -0.2) is 71.9 Å². The van der Waals surface area contributed by atoms with Crippen LogP contribution in [0.15, 0.2) is 48.5 Å². The molecule has 202 valence electrons. The van der Waals surface area contributed by atoms with Gasteiger partial charge in [-0.05, 0) is 67.6 Å². The minimum Gasteiger partial charge on any atom is -0.410 e. The van der Waals surface area contributed by atoms with Crippen molar-refractivity contribution in [2.24, 2.45) is 11.3 Å². The fourth-order valence-corrected chi connectivity index (χ4v) is 5.58. The molecule has 0 radical (unpaired) electrons. The third kappa shape index (κ3) is 5.37. The lowest BCUT2D eigenvalue weighted by atomic mass is 9.93. The number of hydrogen-bond donors (Lipinski definition) is 0. The van der Waals surface area contributed by atoms with Gasteiger partial charge >= 0.3 is 6.09 Å². The quantitative estimate of drug-likeness (QED) is 0.579. The van der Waals surface area contributed by atoms with E-state index >= 15 is 0 Å². The molecule has 5 rings (SSSR count). The topological polar surface area (TPSA) is 70.2 Å². The molecule has 3 aliphatic rings. The van der Waals surface area contributed by atoms with E-state index in [1.165, 1.54) is 41.3 Å². The summed E-state index contributed by atoms with van der Waals surface area (Å²) in [6.07, 6.45) is 2.48. The van der Waals surface area contributed by atoms with Crippen molar-refractivity contribution in [1.82, 2.24) is 14.7 Å². The molecule has 0 spiro atoms. The number of nitrogens with zero attached hydrogens (tertiary/aromatic N) is 3. The van der Waals surface area contributed by atoms with E-state index in [2.05, 4.69) is 0 Å². The van der Waals surface area contributed by atoms with Gasteiger partial charge in [0.25, 0.3) is 0 Å². The Morgan fingerprint density at radius 1 is 0.895 bits per heavy atom. The van der Waals surface area contributed by atoms with Gasteiger partial charge in [0.15, 0.2) is 0 Å². The van der Waals surface area contributed by atoms with E-state index < -0.39 is 18.0 Å². The molecule has 2 atom stereocenters. The van der Waals surface area contributed by atoms with Crippen LogP contribution < -0.4 is 4.74 Å². The van der Waals surface area contributed by atoms with Crippen molar-refractivity contribution in [3.8, 4) is 5.75 Å². The first-order valence-corrected chi connectivity index (χ1v) is 13.2. The van der Waals surface area contributed by atoms with Crippen molar-refractivity contribution in [2.75, 3.05) is 33.2 Å². The Morgan fingerprint density at radius 2 is 1.47 bits per heavy atom. The molecule has 38 heavy (non-hydrogen) atoms. The summed E-state index contributed by atoms with van der Waals surface area (Å²) in [5.41, 5.74) is 0.611. The fourth-order valence-electron chi connectivity index (χ4n) is 5.58. The van der Waals surface area contributed by atoms with Gasteiger partial charge < -0.3 is 19.4 Å². The number of carbonyl (C=O) groups excluding carboxylic acids is 3. The number of likely N-dealkylation sites (N-methyl/N-ethyl adjacent to an activating group) is 1. The molecule has 9 heteroatoms. The molecule has 7 nitrogen and oxygen atoms in total. The van der Waals surface area contributed by atoms with Crippen LogP contribution in [-0.2, 0) is 9.59 Å². The third-order valence-electron chi connectivity index (χ3n) is 8.35. The van der Waals surface area contributed by atoms with Crippen molar-refractivity contribution in [3.63, 3.8) is 0 Å². The van der Waals surface area contributed by atoms with E-state index in [4.69, 9.17) is 4.74 Å². The Kier molecular flexibility index (Phi) is 7.11. The summed E-state index contributed by atoms with van der Waals surface area (Å²) in [6, 6.07) is 10.9. The summed E-state index contributed by atoms with van der Waals surface area (Å²) in [6.45, 7) is 3.86. The molecule has 3 fully saturated rings. The highest BCUT2D eigenvalue weighted by Gasteiger charge is 2.48. The van der Waals surface area contributed by atoms with Crippen LogP contribution in [0.25, 0.3) is 0 Å². The smallest absolute Gasteiger partial charge is 0.410 e. The van der Waals surface area contributed by atoms with E-state index in [1.807, 2.05) is 11.8 Å². The Labute approximate surface area is 221 Å². The van der Waals surface area contributed by atoms with Crippen LogP contribution in [0.3, 0.4) is 0 Å². The molecule has 2 aromatic rings. The van der Waals surface area contributed by atoms with Crippen LogP contribution in [0.2, 0.25) is 0 Å². The second-order valence-corrected chi connectivity index (χ2v) is 11.0. The maximum Gasteiger partial charge on any atom is 0.415 e. The first kappa shape index (κ1) is 26.1. The van der Waals surface area contributed by atoms with Gasteiger partial charge in [-0.3, -0.25) is 9.59 Å². The lowest BCUT2D eigenvalue weighted by molar-refractivity contribution is -0.142. The summed E-state index contributed by atoms with van der Waals surface area (Å²) in [4.78, 5) is 44.4. The average molecular weight is 526 g/mol. The highest BCUT2D eigenvalue weighted by molar-refractivity contribution is 5.85. The molecule has 0 bridgehead atoms. The number of halogens is 2. The Hall–Kier alpha value is -3.49. The van der Waals surface area contributed by atoms with Gasteiger partial charge in [0, 0.05) is 50.5 Å². The normalized spacial score (nSPS) is 22.7. The first-order chi connectivity index (χ1) is 18.1. The molecule has 3 amide bonds. The van der Waals surface area contributed by atoms with Crippen LogP contribution in [0.1, 0.15) is 44.1 Å². The van der Waals surface area contributed by atoms with Gasteiger partial charge in [-0.15, -0.1) is 0 Å². The zero-order valence-corrected chi connectivity index (χ0v) is 21.7. The number of ether oxygens (including phenoxy) is 1. The fraction of sp³-hybridized carbons (Fsp3) is 0.483. The van der Waals surface area contributed by atoms with Crippen molar-refractivity contribution < 1.29 is 27.9 Å². The number of rotatable bonds is 5.